The molecule has 0 bridgehead atoms. The molecule has 0 aromatic heterocycles. The number of hydrogen-bond acceptors (Lipinski definition) is 4. The molecule has 144 valence electrons. The molecule has 0 unspecified atom stereocenters. The SMILES string of the molecule is CCCCO[C@@H]1[C@@H](OCCCC)[C@H](C)O[C@@H](CBr)[C@@H]1OCCCC. The largest absolute Gasteiger partial charge is 0.373 e. The quantitative estimate of drug-likeness (QED) is 0.326. The van der Waals surface area contributed by atoms with E-state index < -0.39 is 0 Å². The van der Waals surface area contributed by atoms with E-state index in [1.807, 2.05) is 0 Å². The molecule has 0 radical (unpaired) electrons. The van der Waals surface area contributed by atoms with Crippen molar-refractivity contribution in [3.05, 3.63) is 0 Å². The van der Waals surface area contributed by atoms with Gasteiger partial charge in [-0.1, -0.05) is 56.0 Å². The Balaban J connectivity index is 2.79. The first kappa shape index (κ1) is 22.4. The van der Waals surface area contributed by atoms with Crippen molar-refractivity contribution in [2.24, 2.45) is 0 Å². The minimum absolute atomic E-state index is 0.00880. The Morgan fingerprint density at radius 2 is 1.21 bits per heavy atom. The molecular formula is C19H37BrO4. The van der Waals surface area contributed by atoms with Gasteiger partial charge in [0.25, 0.3) is 0 Å². The summed E-state index contributed by atoms with van der Waals surface area (Å²) in [6.45, 7) is 10.9. The first-order valence-corrected chi connectivity index (χ1v) is 10.9. The molecule has 0 aromatic carbocycles. The van der Waals surface area contributed by atoms with Crippen LogP contribution < -0.4 is 0 Å². The average molecular weight is 409 g/mol. The fraction of sp³-hybridized carbons (Fsp3) is 1.00. The molecule has 1 saturated heterocycles. The van der Waals surface area contributed by atoms with Gasteiger partial charge in [-0.05, 0) is 26.2 Å². The second-order valence-corrected chi connectivity index (χ2v) is 7.25. The highest BCUT2D eigenvalue weighted by atomic mass is 79.9. The molecule has 0 aliphatic carbocycles. The third-order valence-electron chi connectivity index (χ3n) is 4.44. The van der Waals surface area contributed by atoms with Crippen LogP contribution in [-0.4, -0.2) is 55.7 Å². The fourth-order valence-corrected chi connectivity index (χ4v) is 3.45. The minimum Gasteiger partial charge on any atom is -0.373 e. The van der Waals surface area contributed by atoms with Gasteiger partial charge in [0, 0.05) is 25.2 Å². The van der Waals surface area contributed by atoms with Crippen LogP contribution in [0.4, 0.5) is 0 Å². The maximum atomic E-state index is 6.26. The zero-order valence-corrected chi connectivity index (χ0v) is 17.6. The second kappa shape index (κ2) is 13.5. The Hall–Kier alpha value is 0.320. The number of alkyl halides is 1. The van der Waals surface area contributed by atoms with Crippen LogP contribution in [0, 0.1) is 0 Å². The predicted molar refractivity (Wildman–Crippen MR) is 102 cm³/mol. The molecule has 4 nitrogen and oxygen atoms in total. The Morgan fingerprint density at radius 3 is 1.67 bits per heavy atom. The van der Waals surface area contributed by atoms with Crippen LogP contribution in [-0.2, 0) is 18.9 Å². The van der Waals surface area contributed by atoms with Crippen LogP contribution in [0.25, 0.3) is 0 Å². The molecule has 0 N–H and O–H groups in total. The van der Waals surface area contributed by atoms with Gasteiger partial charge in [0.15, 0.2) is 0 Å². The third kappa shape index (κ3) is 7.28. The zero-order chi connectivity index (χ0) is 17.8. The van der Waals surface area contributed by atoms with E-state index in [0.29, 0.717) is 0 Å². The maximum Gasteiger partial charge on any atom is 0.115 e. The summed E-state index contributed by atoms with van der Waals surface area (Å²) in [6, 6.07) is 0. The summed E-state index contributed by atoms with van der Waals surface area (Å²) in [6.07, 6.45) is 6.40. The molecule has 1 fully saturated rings. The molecule has 5 heteroatoms. The van der Waals surface area contributed by atoms with Gasteiger partial charge in [0.2, 0.25) is 0 Å². The summed E-state index contributed by atoms with van der Waals surface area (Å²) in [7, 11) is 0. The average Bonchev–Trinajstić information content (AvgIpc) is 2.58. The third-order valence-corrected chi connectivity index (χ3v) is 5.08. The van der Waals surface area contributed by atoms with Gasteiger partial charge in [-0.3, -0.25) is 0 Å². The van der Waals surface area contributed by atoms with Crippen LogP contribution >= 0.6 is 15.9 Å². The van der Waals surface area contributed by atoms with Crippen molar-refractivity contribution in [3.8, 4) is 0 Å². The predicted octanol–water partition coefficient (Wildman–Crippen LogP) is 4.72. The van der Waals surface area contributed by atoms with E-state index in [2.05, 4.69) is 43.6 Å². The molecule has 1 aliphatic rings. The highest BCUT2D eigenvalue weighted by Gasteiger charge is 2.45. The fourth-order valence-electron chi connectivity index (χ4n) is 2.93. The van der Waals surface area contributed by atoms with E-state index in [-0.39, 0.29) is 30.5 Å². The summed E-state index contributed by atoms with van der Waals surface area (Å²) >= 11 is 3.58. The van der Waals surface area contributed by atoms with Gasteiger partial charge in [0.1, 0.15) is 18.3 Å². The van der Waals surface area contributed by atoms with Crippen molar-refractivity contribution in [2.45, 2.75) is 96.7 Å². The summed E-state index contributed by atoms with van der Waals surface area (Å²) in [5.74, 6) is 0. The summed E-state index contributed by atoms with van der Waals surface area (Å²) in [4.78, 5) is 0. The van der Waals surface area contributed by atoms with Crippen molar-refractivity contribution < 1.29 is 18.9 Å². The van der Waals surface area contributed by atoms with E-state index in [1.165, 1.54) is 0 Å². The normalized spacial score (nSPS) is 30.6. The topological polar surface area (TPSA) is 36.9 Å². The van der Waals surface area contributed by atoms with Crippen LogP contribution in [0.5, 0.6) is 0 Å². The van der Waals surface area contributed by atoms with Crippen LogP contribution in [0.15, 0.2) is 0 Å². The minimum atomic E-state index is -0.0735. The molecule has 0 spiro atoms. The number of unbranched alkanes of at least 4 members (excludes halogenated alkanes) is 3. The van der Waals surface area contributed by atoms with E-state index >= 15 is 0 Å². The van der Waals surface area contributed by atoms with Gasteiger partial charge in [-0.15, -0.1) is 0 Å². The highest BCUT2D eigenvalue weighted by Crippen LogP contribution is 2.29. The number of hydrogen-bond donors (Lipinski definition) is 0. The van der Waals surface area contributed by atoms with Crippen molar-refractivity contribution >= 4 is 15.9 Å². The molecule has 1 aliphatic heterocycles. The van der Waals surface area contributed by atoms with Crippen LogP contribution in [0.3, 0.4) is 0 Å². The lowest BCUT2D eigenvalue weighted by molar-refractivity contribution is -0.249. The Morgan fingerprint density at radius 1 is 0.750 bits per heavy atom. The highest BCUT2D eigenvalue weighted by molar-refractivity contribution is 9.09. The zero-order valence-electron chi connectivity index (χ0n) is 16.0. The van der Waals surface area contributed by atoms with Crippen molar-refractivity contribution in [1.82, 2.24) is 0 Å². The van der Waals surface area contributed by atoms with E-state index in [4.69, 9.17) is 18.9 Å². The van der Waals surface area contributed by atoms with E-state index in [9.17, 15) is 0 Å². The molecule has 1 heterocycles. The standard InChI is InChI=1S/C19H37BrO4/c1-5-8-11-21-17-15(4)24-16(14-20)18(22-12-9-6-2)19(17)23-13-10-7-3/h15-19H,5-14H2,1-4H3/t15-,16-,17-,18-,19+/m0/s1. The summed E-state index contributed by atoms with van der Waals surface area (Å²) in [5.41, 5.74) is 0. The molecule has 0 saturated carbocycles. The lowest BCUT2D eigenvalue weighted by Gasteiger charge is -2.45. The Labute approximate surface area is 157 Å². The van der Waals surface area contributed by atoms with E-state index in [1.54, 1.807) is 0 Å². The lowest BCUT2D eigenvalue weighted by Crippen LogP contribution is -2.60. The molecule has 1 rings (SSSR count). The van der Waals surface area contributed by atoms with Gasteiger partial charge >= 0.3 is 0 Å². The monoisotopic (exact) mass is 408 g/mol. The molecule has 0 aromatic rings. The number of rotatable bonds is 13. The van der Waals surface area contributed by atoms with Crippen molar-refractivity contribution in [2.75, 3.05) is 25.2 Å². The van der Waals surface area contributed by atoms with Crippen LogP contribution in [0.1, 0.15) is 66.2 Å². The molecule has 0 amide bonds. The first-order chi connectivity index (χ1) is 11.7. The molecule has 24 heavy (non-hydrogen) atoms. The van der Waals surface area contributed by atoms with Gasteiger partial charge in [-0.2, -0.15) is 0 Å². The number of halogens is 1. The van der Waals surface area contributed by atoms with Gasteiger partial charge in [0.05, 0.1) is 12.2 Å². The van der Waals surface area contributed by atoms with Crippen molar-refractivity contribution in [3.63, 3.8) is 0 Å². The first-order valence-electron chi connectivity index (χ1n) is 9.75. The lowest BCUT2D eigenvalue weighted by atomic mass is 9.95. The Bertz CT molecular complexity index is 303. The summed E-state index contributed by atoms with van der Waals surface area (Å²) < 4.78 is 24.8. The van der Waals surface area contributed by atoms with Gasteiger partial charge in [-0.25, -0.2) is 0 Å². The smallest absolute Gasteiger partial charge is 0.115 e. The van der Waals surface area contributed by atoms with Crippen molar-refractivity contribution in [1.29, 1.82) is 0 Å². The molecule has 5 atom stereocenters. The second-order valence-electron chi connectivity index (χ2n) is 6.60. The van der Waals surface area contributed by atoms with E-state index in [0.717, 1.165) is 63.7 Å². The van der Waals surface area contributed by atoms with Gasteiger partial charge < -0.3 is 18.9 Å². The summed E-state index contributed by atoms with van der Waals surface area (Å²) in [5, 5.41) is 0.753. The molecular weight excluding hydrogens is 372 g/mol. The number of ether oxygens (including phenoxy) is 4. The Kier molecular flexibility index (Phi) is 12.6. The maximum absolute atomic E-state index is 6.26. The van der Waals surface area contributed by atoms with Crippen LogP contribution in [0.2, 0.25) is 0 Å².